The molecule has 2 aromatic rings. The normalized spacial score (nSPS) is 10.9. The van der Waals surface area contributed by atoms with Crippen LogP contribution in [0.2, 0.25) is 5.02 Å². The fourth-order valence-electron chi connectivity index (χ4n) is 1.85. The molecule has 2 rings (SSSR count). The molecule has 0 spiro atoms. The minimum absolute atomic E-state index is 0.248. The van der Waals surface area contributed by atoms with Crippen LogP contribution in [0.15, 0.2) is 35.6 Å². The van der Waals surface area contributed by atoms with Gasteiger partial charge in [-0.1, -0.05) is 30.7 Å². The van der Waals surface area contributed by atoms with Crippen LogP contribution in [0.5, 0.6) is 0 Å². The number of amides is 2. The van der Waals surface area contributed by atoms with E-state index < -0.39 is 43.1 Å². The van der Waals surface area contributed by atoms with Gasteiger partial charge in [0.2, 0.25) is 15.0 Å². The summed E-state index contributed by atoms with van der Waals surface area (Å²) in [5, 5.41) is 10.1. The maximum atomic E-state index is 12.2. The van der Waals surface area contributed by atoms with Crippen molar-refractivity contribution in [2.75, 3.05) is 5.75 Å². The van der Waals surface area contributed by atoms with E-state index in [4.69, 9.17) is 11.6 Å². The molecular formula is C14H12ClN5O6S. The third-order valence-electron chi connectivity index (χ3n) is 3.23. The number of halogens is 1. The van der Waals surface area contributed by atoms with Crippen LogP contribution < -0.4 is 10.9 Å². The first-order valence-electron chi connectivity index (χ1n) is 7.26. The van der Waals surface area contributed by atoms with Crippen molar-refractivity contribution in [3.8, 4) is 0 Å². The first-order valence-corrected chi connectivity index (χ1v) is 9.29. The molecule has 1 aromatic heterocycles. The van der Waals surface area contributed by atoms with Crippen molar-refractivity contribution >= 4 is 38.9 Å². The molecule has 0 atom stereocenters. The van der Waals surface area contributed by atoms with E-state index in [2.05, 4.69) is 9.97 Å². The highest BCUT2D eigenvalue weighted by atomic mass is 35.5. The zero-order valence-electron chi connectivity index (χ0n) is 13.7. The summed E-state index contributed by atoms with van der Waals surface area (Å²) >= 11 is 5.80. The zero-order chi connectivity index (χ0) is 20.2. The van der Waals surface area contributed by atoms with Crippen LogP contribution in [0.3, 0.4) is 0 Å². The zero-order valence-corrected chi connectivity index (χ0v) is 15.2. The van der Waals surface area contributed by atoms with E-state index in [1.807, 2.05) is 10.9 Å². The lowest BCUT2D eigenvalue weighted by atomic mass is 10.2. The Morgan fingerprint density at radius 2 is 1.85 bits per heavy atom. The molecule has 2 amide bonds. The quantitative estimate of drug-likeness (QED) is 0.415. The number of carbonyl (C=O) groups is 2. The van der Waals surface area contributed by atoms with Crippen LogP contribution in [0.25, 0.3) is 0 Å². The lowest BCUT2D eigenvalue weighted by Crippen LogP contribution is -2.42. The van der Waals surface area contributed by atoms with Gasteiger partial charge in [-0.15, -0.1) is 0 Å². The molecule has 1 aromatic carbocycles. The summed E-state index contributed by atoms with van der Waals surface area (Å²) in [4.78, 5) is 41.6. The van der Waals surface area contributed by atoms with Crippen molar-refractivity contribution in [2.24, 2.45) is 0 Å². The number of nitrogens with one attached hydrogen (secondary N) is 2. The number of nitro benzene ring substituents is 1. The second kappa shape index (κ2) is 8.05. The van der Waals surface area contributed by atoms with Crippen LogP contribution in [-0.2, 0) is 9.84 Å². The molecule has 0 saturated carbocycles. The van der Waals surface area contributed by atoms with E-state index in [9.17, 15) is 28.1 Å². The molecule has 0 saturated heterocycles. The van der Waals surface area contributed by atoms with Gasteiger partial charge in [-0.3, -0.25) is 30.6 Å². The summed E-state index contributed by atoms with van der Waals surface area (Å²) in [7, 11) is -3.78. The van der Waals surface area contributed by atoms with Gasteiger partial charge in [-0.05, 0) is 6.07 Å². The van der Waals surface area contributed by atoms with Crippen molar-refractivity contribution in [2.45, 2.75) is 12.1 Å². The van der Waals surface area contributed by atoms with Gasteiger partial charge in [0.1, 0.15) is 5.56 Å². The Morgan fingerprint density at radius 1 is 1.22 bits per heavy atom. The number of rotatable bonds is 5. The van der Waals surface area contributed by atoms with Gasteiger partial charge in [0.05, 0.1) is 21.9 Å². The monoisotopic (exact) mass is 413 g/mol. The maximum Gasteiger partial charge on any atom is 0.290 e. The minimum atomic E-state index is -3.78. The number of nitrogens with zero attached hydrogens (tertiary/aromatic N) is 3. The second-order valence-electron chi connectivity index (χ2n) is 4.94. The van der Waals surface area contributed by atoms with E-state index >= 15 is 0 Å². The molecule has 2 N–H and O–H groups in total. The summed E-state index contributed by atoms with van der Waals surface area (Å²) in [6.07, 6.45) is 0.940. The fraction of sp³-hybridized carbons (Fsp3) is 0.143. The molecule has 0 aliphatic carbocycles. The van der Waals surface area contributed by atoms with E-state index in [0.29, 0.717) is 0 Å². The third kappa shape index (κ3) is 4.54. The highest BCUT2D eigenvalue weighted by molar-refractivity contribution is 7.91. The highest BCUT2D eigenvalue weighted by Crippen LogP contribution is 2.17. The topological polar surface area (TPSA) is 161 Å². The number of benzene rings is 1. The van der Waals surface area contributed by atoms with Crippen LogP contribution in [0.4, 0.5) is 5.69 Å². The molecule has 13 heteroatoms. The molecule has 27 heavy (non-hydrogen) atoms. The average molecular weight is 414 g/mol. The minimum Gasteiger partial charge on any atom is -0.267 e. The Bertz CT molecular complexity index is 1030. The molecule has 0 aliphatic heterocycles. The summed E-state index contributed by atoms with van der Waals surface area (Å²) in [6.45, 7) is 1.38. The predicted octanol–water partition coefficient (Wildman–Crippen LogP) is 0.907. The number of carbonyl (C=O) groups excluding carboxylic acids is 2. The number of nitro groups is 1. The van der Waals surface area contributed by atoms with Crippen LogP contribution in [0, 0.1) is 10.1 Å². The smallest absolute Gasteiger partial charge is 0.267 e. The largest absolute Gasteiger partial charge is 0.290 e. The van der Waals surface area contributed by atoms with Crippen molar-refractivity contribution in [3.05, 3.63) is 56.9 Å². The van der Waals surface area contributed by atoms with Crippen molar-refractivity contribution < 1.29 is 22.9 Å². The van der Waals surface area contributed by atoms with Crippen LogP contribution in [-0.4, -0.2) is 40.9 Å². The molecule has 11 nitrogen and oxygen atoms in total. The Labute approximate surface area is 157 Å². The molecule has 0 fully saturated rings. The summed E-state index contributed by atoms with van der Waals surface area (Å²) in [6, 6.07) is 5.11. The first-order chi connectivity index (χ1) is 12.7. The average Bonchev–Trinajstić information content (AvgIpc) is 2.65. The van der Waals surface area contributed by atoms with Gasteiger partial charge < -0.3 is 0 Å². The van der Waals surface area contributed by atoms with E-state index in [0.717, 1.165) is 12.3 Å². The Hall–Kier alpha value is -3.12. The first kappa shape index (κ1) is 20.2. The number of sulfone groups is 1. The van der Waals surface area contributed by atoms with E-state index in [-0.39, 0.29) is 16.3 Å². The molecular weight excluding hydrogens is 402 g/mol. The molecule has 1 heterocycles. The maximum absolute atomic E-state index is 12.2. The number of aromatic nitrogens is 2. The fourth-order valence-corrected chi connectivity index (χ4v) is 2.73. The molecule has 0 aliphatic rings. The SMILES string of the molecule is CCS(=O)(=O)c1ncc(Cl)c(C(=O)NNC(=O)c2ccccc2[N+](=O)[O-])n1. The lowest BCUT2D eigenvalue weighted by molar-refractivity contribution is -0.385. The Balaban J connectivity index is 2.21. The molecule has 142 valence electrons. The Morgan fingerprint density at radius 3 is 2.48 bits per heavy atom. The lowest BCUT2D eigenvalue weighted by Gasteiger charge is -2.09. The predicted molar refractivity (Wildman–Crippen MR) is 92.8 cm³/mol. The van der Waals surface area contributed by atoms with Gasteiger partial charge in [-0.2, -0.15) is 0 Å². The standard InChI is InChI=1S/C14H12ClN5O6S/c1-2-27(25,26)14-16-7-9(15)11(17-14)13(22)19-18-12(21)8-5-3-4-6-10(8)20(23)24/h3-7H,2H2,1H3,(H,18,21)(H,19,22). The third-order valence-corrected chi connectivity index (χ3v) is 5.02. The summed E-state index contributed by atoms with van der Waals surface area (Å²) < 4.78 is 23.6. The second-order valence-corrected chi connectivity index (χ2v) is 7.51. The van der Waals surface area contributed by atoms with E-state index in [1.165, 1.54) is 25.1 Å². The molecule has 0 bridgehead atoms. The van der Waals surface area contributed by atoms with Gasteiger partial charge in [0, 0.05) is 6.07 Å². The van der Waals surface area contributed by atoms with E-state index in [1.54, 1.807) is 0 Å². The van der Waals surface area contributed by atoms with Crippen LogP contribution in [0.1, 0.15) is 27.8 Å². The number of hydrogen-bond donors (Lipinski definition) is 2. The van der Waals surface area contributed by atoms with Crippen LogP contribution >= 0.6 is 11.6 Å². The number of para-hydroxylation sites is 1. The molecule has 0 unspecified atom stereocenters. The molecule has 0 radical (unpaired) electrons. The van der Waals surface area contributed by atoms with Gasteiger partial charge in [-0.25, -0.2) is 18.4 Å². The van der Waals surface area contributed by atoms with Gasteiger partial charge in [0.25, 0.3) is 17.5 Å². The van der Waals surface area contributed by atoms with Crippen molar-refractivity contribution in [1.29, 1.82) is 0 Å². The van der Waals surface area contributed by atoms with Gasteiger partial charge in [0.15, 0.2) is 5.69 Å². The van der Waals surface area contributed by atoms with Crippen molar-refractivity contribution in [1.82, 2.24) is 20.8 Å². The van der Waals surface area contributed by atoms with Gasteiger partial charge >= 0.3 is 0 Å². The number of hydrogen-bond acceptors (Lipinski definition) is 8. The highest BCUT2D eigenvalue weighted by Gasteiger charge is 2.23. The Kier molecular flexibility index (Phi) is 6.02. The summed E-state index contributed by atoms with van der Waals surface area (Å²) in [5.41, 5.74) is 2.72. The number of hydrazine groups is 1. The summed E-state index contributed by atoms with van der Waals surface area (Å²) in [5.74, 6) is -2.27. The van der Waals surface area contributed by atoms with Crippen molar-refractivity contribution in [3.63, 3.8) is 0 Å².